The second-order valence-corrected chi connectivity index (χ2v) is 5.95. The number of hydrogen-bond donors (Lipinski definition) is 2. The second kappa shape index (κ2) is 6.21. The van der Waals surface area contributed by atoms with Crippen LogP contribution in [0, 0.1) is 0 Å². The van der Waals surface area contributed by atoms with Gasteiger partial charge in [-0.15, -0.1) is 0 Å². The third-order valence-electron chi connectivity index (χ3n) is 4.40. The van der Waals surface area contributed by atoms with Crippen molar-refractivity contribution in [1.29, 1.82) is 0 Å². The Balaban J connectivity index is 1.51. The predicted molar refractivity (Wildman–Crippen MR) is 81.6 cm³/mol. The highest BCUT2D eigenvalue weighted by atomic mass is 16.5. The van der Waals surface area contributed by atoms with Crippen molar-refractivity contribution in [2.24, 2.45) is 5.73 Å². The molecule has 1 aromatic rings. The summed E-state index contributed by atoms with van der Waals surface area (Å²) in [7, 11) is 0. The van der Waals surface area contributed by atoms with Crippen LogP contribution in [0.2, 0.25) is 0 Å². The zero-order valence-corrected chi connectivity index (χ0v) is 12.0. The van der Waals surface area contributed by atoms with Gasteiger partial charge in [-0.2, -0.15) is 0 Å². The molecule has 1 aliphatic heterocycles. The molecular weight excluding hydrogens is 248 g/mol. The maximum Gasteiger partial charge on any atom is 0.119 e. The molecule has 0 amide bonds. The van der Waals surface area contributed by atoms with Crippen molar-refractivity contribution in [2.45, 2.75) is 50.5 Å². The van der Waals surface area contributed by atoms with Crippen LogP contribution in [0.4, 0.5) is 0 Å². The first kappa shape index (κ1) is 13.3. The SMILES string of the molecule is NC1=CCC(COc2ccc(C3CCCCC3)cc2)N1. The summed E-state index contributed by atoms with van der Waals surface area (Å²) >= 11 is 0. The number of benzene rings is 1. The van der Waals surface area contributed by atoms with Gasteiger partial charge in [0.25, 0.3) is 0 Å². The van der Waals surface area contributed by atoms with Crippen LogP contribution in [-0.4, -0.2) is 12.6 Å². The lowest BCUT2D eigenvalue weighted by Crippen LogP contribution is -2.31. The molecule has 1 unspecified atom stereocenters. The molecule has 0 bridgehead atoms. The van der Waals surface area contributed by atoms with Crippen molar-refractivity contribution >= 4 is 0 Å². The van der Waals surface area contributed by atoms with Crippen molar-refractivity contribution in [2.75, 3.05) is 6.61 Å². The molecule has 1 fully saturated rings. The van der Waals surface area contributed by atoms with Gasteiger partial charge in [-0.05, 0) is 49.0 Å². The van der Waals surface area contributed by atoms with E-state index in [4.69, 9.17) is 10.5 Å². The third-order valence-corrected chi connectivity index (χ3v) is 4.40. The summed E-state index contributed by atoms with van der Waals surface area (Å²) in [6.45, 7) is 0.667. The molecule has 1 atom stereocenters. The first-order valence-corrected chi connectivity index (χ1v) is 7.76. The normalized spacial score (nSPS) is 23.2. The maximum absolute atomic E-state index is 5.83. The zero-order chi connectivity index (χ0) is 13.8. The Kier molecular flexibility index (Phi) is 4.14. The number of ether oxygens (including phenoxy) is 1. The summed E-state index contributed by atoms with van der Waals surface area (Å²) in [4.78, 5) is 0. The molecule has 1 heterocycles. The highest BCUT2D eigenvalue weighted by Gasteiger charge is 2.16. The maximum atomic E-state index is 5.83. The van der Waals surface area contributed by atoms with Gasteiger partial charge in [-0.25, -0.2) is 0 Å². The molecule has 3 rings (SSSR count). The van der Waals surface area contributed by atoms with Gasteiger partial charge in [0.2, 0.25) is 0 Å². The number of rotatable bonds is 4. The van der Waals surface area contributed by atoms with E-state index >= 15 is 0 Å². The molecule has 0 radical (unpaired) electrons. The first-order valence-electron chi connectivity index (χ1n) is 7.76. The van der Waals surface area contributed by atoms with E-state index in [2.05, 4.69) is 29.6 Å². The summed E-state index contributed by atoms with van der Waals surface area (Å²) in [6, 6.07) is 9.00. The minimum absolute atomic E-state index is 0.313. The molecule has 0 saturated heterocycles. The molecule has 108 valence electrons. The number of nitrogens with one attached hydrogen (secondary N) is 1. The van der Waals surface area contributed by atoms with Gasteiger partial charge in [0.15, 0.2) is 0 Å². The molecule has 3 heteroatoms. The lowest BCUT2D eigenvalue weighted by molar-refractivity contribution is 0.278. The molecule has 1 aliphatic carbocycles. The monoisotopic (exact) mass is 272 g/mol. The fourth-order valence-corrected chi connectivity index (χ4v) is 3.20. The molecule has 1 aromatic carbocycles. The zero-order valence-electron chi connectivity index (χ0n) is 12.0. The molecule has 3 nitrogen and oxygen atoms in total. The van der Waals surface area contributed by atoms with Crippen molar-refractivity contribution in [3.05, 3.63) is 41.7 Å². The Labute approximate surface area is 121 Å². The van der Waals surface area contributed by atoms with Crippen LogP contribution in [0.25, 0.3) is 0 Å². The van der Waals surface area contributed by atoms with Gasteiger partial charge < -0.3 is 15.8 Å². The smallest absolute Gasteiger partial charge is 0.119 e. The summed E-state index contributed by atoms with van der Waals surface area (Å²) in [5.41, 5.74) is 7.16. The fourth-order valence-electron chi connectivity index (χ4n) is 3.20. The summed E-state index contributed by atoms with van der Waals surface area (Å²) in [6.07, 6.45) is 9.82. The second-order valence-electron chi connectivity index (χ2n) is 5.95. The minimum Gasteiger partial charge on any atom is -0.491 e. The predicted octanol–water partition coefficient (Wildman–Crippen LogP) is 3.28. The average molecular weight is 272 g/mol. The third kappa shape index (κ3) is 3.27. The van der Waals surface area contributed by atoms with Crippen LogP contribution in [0.15, 0.2) is 36.2 Å². The van der Waals surface area contributed by atoms with E-state index in [-0.39, 0.29) is 0 Å². The molecule has 1 saturated carbocycles. The van der Waals surface area contributed by atoms with Crippen LogP contribution in [0.1, 0.15) is 50.0 Å². The molecule has 2 aliphatic rings. The molecule has 3 N–H and O–H groups in total. The Morgan fingerprint density at radius 3 is 2.50 bits per heavy atom. The van der Waals surface area contributed by atoms with E-state index in [0.717, 1.165) is 23.9 Å². The summed E-state index contributed by atoms with van der Waals surface area (Å²) in [5, 5.41) is 3.20. The molecule has 0 spiro atoms. The van der Waals surface area contributed by atoms with E-state index in [1.807, 2.05) is 6.08 Å². The number of hydrogen-bond acceptors (Lipinski definition) is 3. The Morgan fingerprint density at radius 1 is 1.10 bits per heavy atom. The fraction of sp³-hybridized carbons (Fsp3) is 0.529. The van der Waals surface area contributed by atoms with E-state index < -0.39 is 0 Å². The molecule has 0 aromatic heterocycles. The molecular formula is C17H24N2O. The largest absolute Gasteiger partial charge is 0.491 e. The Morgan fingerprint density at radius 2 is 1.85 bits per heavy atom. The average Bonchev–Trinajstić information content (AvgIpc) is 2.92. The van der Waals surface area contributed by atoms with Crippen molar-refractivity contribution in [1.82, 2.24) is 5.32 Å². The van der Waals surface area contributed by atoms with Crippen LogP contribution in [0.3, 0.4) is 0 Å². The van der Waals surface area contributed by atoms with Gasteiger partial charge in [0, 0.05) is 0 Å². The van der Waals surface area contributed by atoms with Gasteiger partial charge >= 0.3 is 0 Å². The minimum atomic E-state index is 0.313. The highest BCUT2D eigenvalue weighted by molar-refractivity contribution is 5.29. The quantitative estimate of drug-likeness (QED) is 0.884. The van der Waals surface area contributed by atoms with E-state index in [1.54, 1.807) is 0 Å². The van der Waals surface area contributed by atoms with E-state index in [0.29, 0.717) is 12.6 Å². The summed E-state index contributed by atoms with van der Waals surface area (Å²) < 4.78 is 5.83. The highest BCUT2D eigenvalue weighted by Crippen LogP contribution is 2.33. The van der Waals surface area contributed by atoms with Crippen molar-refractivity contribution in [3.63, 3.8) is 0 Å². The summed E-state index contributed by atoms with van der Waals surface area (Å²) in [5.74, 6) is 2.49. The van der Waals surface area contributed by atoms with Gasteiger partial charge in [0.1, 0.15) is 12.4 Å². The van der Waals surface area contributed by atoms with Gasteiger partial charge in [-0.1, -0.05) is 31.4 Å². The molecule has 20 heavy (non-hydrogen) atoms. The standard InChI is InChI=1S/C17H24N2O/c18-17-11-8-15(19-17)12-20-16-9-6-14(7-10-16)13-4-2-1-3-5-13/h6-7,9-11,13,15,19H,1-5,8,12,18H2. The first-order chi connectivity index (χ1) is 9.81. The van der Waals surface area contributed by atoms with Crippen LogP contribution in [0.5, 0.6) is 5.75 Å². The van der Waals surface area contributed by atoms with Crippen LogP contribution in [-0.2, 0) is 0 Å². The lowest BCUT2D eigenvalue weighted by Gasteiger charge is -2.22. The van der Waals surface area contributed by atoms with Gasteiger partial charge in [-0.3, -0.25) is 0 Å². The van der Waals surface area contributed by atoms with E-state index in [9.17, 15) is 0 Å². The van der Waals surface area contributed by atoms with Crippen LogP contribution < -0.4 is 15.8 Å². The van der Waals surface area contributed by atoms with Crippen LogP contribution >= 0.6 is 0 Å². The van der Waals surface area contributed by atoms with Crippen molar-refractivity contribution < 1.29 is 4.74 Å². The topological polar surface area (TPSA) is 47.3 Å². The van der Waals surface area contributed by atoms with E-state index in [1.165, 1.54) is 37.7 Å². The lowest BCUT2D eigenvalue weighted by atomic mass is 9.84. The van der Waals surface area contributed by atoms with Crippen molar-refractivity contribution in [3.8, 4) is 5.75 Å². The van der Waals surface area contributed by atoms with Gasteiger partial charge in [0.05, 0.1) is 11.9 Å². The Bertz CT molecular complexity index is 460. The Hall–Kier alpha value is -1.64. The number of nitrogens with two attached hydrogens (primary N) is 1.